The predicted octanol–water partition coefficient (Wildman–Crippen LogP) is 4.53. The SMILES string of the molecule is C=C(F)/C=N\C(N)(c1cn(S(=O)(=O)c2ccccc2)c2ncc(Cl)cc12)C1CCCC(C)(O)C1. The Morgan fingerprint density at radius 2 is 2.15 bits per heavy atom. The fourth-order valence-electron chi connectivity index (χ4n) is 4.67. The van der Waals surface area contributed by atoms with E-state index in [0.29, 0.717) is 36.6 Å². The first kappa shape index (κ1) is 24.5. The monoisotopic (exact) mass is 504 g/mol. The fourth-order valence-corrected chi connectivity index (χ4v) is 6.18. The van der Waals surface area contributed by atoms with Crippen molar-refractivity contribution in [2.45, 2.75) is 48.8 Å². The van der Waals surface area contributed by atoms with Crippen LogP contribution in [-0.2, 0) is 15.7 Å². The van der Waals surface area contributed by atoms with Crippen LogP contribution in [0.25, 0.3) is 11.0 Å². The van der Waals surface area contributed by atoms with Crippen LogP contribution in [0.1, 0.15) is 38.2 Å². The van der Waals surface area contributed by atoms with E-state index < -0.39 is 33.0 Å². The second-order valence-corrected chi connectivity index (χ2v) is 11.3. The number of nitrogens with zero attached hydrogens (tertiary/aromatic N) is 3. The van der Waals surface area contributed by atoms with E-state index in [1.54, 1.807) is 31.2 Å². The minimum absolute atomic E-state index is 0.0686. The van der Waals surface area contributed by atoms with Gasteiger partial charge in [-0.25, -0.2) is 21.8 Å². The first-order valence-corrected chi connectivity index (χ1v) is 12.6. The quantitative estimate of drug-likeness (QED) is 0.479. The summed E-state index contributed by atoms with van der Waals surface area (Å²) in [4.78, 5) is 8.70. The molecule has 3 unspecified atom stereocenters. The van der Waals surface area contributed by atoms with Gasteiger partial charge in [0.25, 0.3) is 10.0 Å². The molecule has 0 saturated heterocycles. The van der Waals surface area contributed by atoms with Crippen LogP contribution < -0.4 is 5.73 Å². The molecule has 7 nitrogen and oxygen atoms in total. The van der Waals surface area contributed by atoms with E-state index in [2.05, 4.69) is 16.6 Å². The molecule has 10 heteroatoms. The first-order chi connectivity index (χ1) is 15.9. The van der Waals surface area contributed by atoms with Gasteiger partial charge in [0.15, 0.2) is 5.65 Å². The number of hydrogen-bond acceptors (Lipinski definition) is 6. The van der Waals surface area contributed by atoms with Crippen LogP contribution in [0.5, 0.6) is 0 Å². The van der Waals surface area contributed by atoms with Crippen LogP contribution in [0, 0.1) is 5.92 Å². The molecule has 0 radical (unpaired) electrons. The summed E-state index contributed by atoms with van der Waals surface area (Å²) in [6, 6.07) is 9.50. The lowest BCUT2D eigenvalue weighted by Gasteiger charge is -2.42. The summed E-state index contributed by atoms with van der Waals surface area (Å²) in [5.74, 6) is -1.21. The largest absolute Gasteiger partial charge is 0.390 e. The number of pyridine rings is 1. The average Bonchev–Trinajstić information content (AvgIpc) is 3.17. The average molecular weight is 505 g/mol. The Hall–Kier alpha value is -2.59. The predicted molar refractivity (Wildman–Crippen MR) is 131 cm³/mol. The summed E-state index contributed by atoms with van der Waals surface area (Å²) in [6.07, 6.45) is 5.83. The summed E-state index contributed by atoms with van der Waals surface area (Å²) in [5, 5.41) is 11.4. The van der Waals surface area contributed by atoms with Gasteiger partial charge in [0, 0.05) is 29.3 Å². The maximum absolute atomic E-state index is 13.7. The Bertz CT molecular complexity index is 1370. The van der Waals surface area contributed by atoms with E-state index in [1.165, 1.54) is 24.5 Å². The molecular formula is C24H26ClFN4O3S. The lowest BCUT2D eigenvalue weighted by molar-refractivity contribution is -0.0161. The van der Waals surface area contributed by atoms with E-state index in [1.807, 2.05) is 0 Å². The van der Waals surface area contributed by atoms with Crippen molar-refractivity contribution in [3.05, 3.63) is 71.8 Å². The molecule has 3 N–H and O–H groups in total. The molecule has 4 rings (SSSR count). The van der Waals surface area contributed by atoms with E-state index in [0.717, 1.165) is 10.2 Å². The number of rotatable bonds is 6. The number of aliphatic hydroxyl groups is 1. The normalized spacial score (nSPS) is 23.3. The van der Waals surface area contributed by atoms with Crippen LogP contribution in [-0.4, -0.2) is 34.3 Å². The van der Waals surface area contributed by atoms with Crippen LogP contribution in [0.3, 0.4) is 0 Å². The van der Waals surface area contributed by atoms with Crippen LogP contribution >= 0.6 is 11.6 Å². The molecule has 0 amide bonds. The molecule has 2 heterocycles. The van der Waals surface area contributed by atoms with Crippen molar-refractivity contribution in [3.63, 3.8) is 0 Å². The zero-order valence-electron chi connectivity index (χ0n) is 18.7. The van der Waals surface area contributed by atoms with Crippen LogP contribution in [0.15, 0.2) is 71.1 Å². The maximum Gasteiger partial charge on any atom is 0.269 e. The molecule has 1 aliphatic rings. The first-order valence-electron chi connectivity index (χ1n) is 10.8. The summed E-state index contributed by atoms with van der Waals surface area (Å²) < 4.78 is 41.8. The summed E-state index contributed by atoms with van der Waals surface area (Å²) >= 11 is 6.23. The smallest absolute Gasteiger partial charge is 0.269 e. The maximum atomic E-state index is 13.7. The molecule has 0 bridgehead atoms. The van der Waals surface area contributed by atoms with Gasteiger partial charge in [0.2, 0.25) is 0 Å². The third-order valence-corrected chi connectivity index (χ3v) is 8.18. The summed E-state index contributed by atoms with van der Waals surface area (Å²) in [6.45, 7) is 4.95. The van der Waals surface area contributed by atoms with Gasteiger partial charge in [-0.1, -0.05) is 42.8 Å². The van der Waals surface area contributed by atoms with Crippen molar-refractivity contribution < 1.29 is 17.9 Å². The number of halogens is 2. The molecule has 0 spiro atoms. The van der Waals surface area contributed by atoms with E-state index in [-0.39, 0.29) is 15.6 Å². The third-order valence-electron chi connectivity index (χ3n) is 6.30. The number of aromatic nitrogens is 2. The molecule has 1 aromatic carbocycles. The van der Waals surface area contributed by atoms with Crippen molar-refractivity contribution in [1.82, 2.24) is 8.96 Å². The Labute approximate surface area is 202 Å². The van der Waals surface area contributed by atoms with E-state index in [4.69, 9.17) is 17.3 Å². The number of fused-ring (bicyclic) bond motifs is 1. The molecule has 1 saturated carbocycles. The van der Waals surface area contributed by atoms with Crippen molar-refractivity contribution in [2.24, 2.45) is 16.6 Å². The van der Waals surface area contributed by atoms with Gasteiger partial charge in [0.1, 0.15) is 11.5 Å². The standard InChI is InChI=1S/C24H26ClFN4O3S/c1-16(26)13-29-24(27,17-7-6-10-23(2,31)12-17)21-15-30(22-20(21)11-18(25)14-28-22)34(32,33)19-8-4-3-5-9-19/h3-5,8-9,11,13-15,17,31H,1,6-7,10,12,27H2,2H3/b29-13-. The Balaban J connectivity index is 1.99. The molecule has 1 aliphatic carbocycles. The van der Waals surface area contributed by atoms with Gasteiger partial charge < -0.3 is 10.8 Å². The number of aliphatic imine (C=N–C) groups is 1. The van der Waals surface area contributed by atoms with E-state index >= 15 is 0 Å². The fraction of sp³-hybridized carbons (Fsp3) is 0.333. The van der Waals surface area contributed by atoms with Gasteiger partial charge in [-0.2, -0.15) is 0 Å². The molecule has 3 atom stereocenters. The molecule has 2 aromatic heterocycles. The Morgan fingerprint density at radius 1 is 1.44 bits per heavy atom. The zero-order chi connectivity index (χ0) is 24.7. The molecule has 34 heavy (non-hydrogen) atoms. The number of allylic oxidation sites excluding steroid dienone is 1. The van der Waals surface area contributed by atoms with Gasteiger partial charge in [0.05, 0.1) is 21.7 Å². The van der Waals surface area contributed by atoms with Crippen LogP contribution in [0.2, 0.25) is 5.02 Å². The molecule has 3 aromatic rings. The summed E-state index contributed by atoms with van der Waals surface area (Å²) in [7, 11) is -4.04. The highest BCUT2D eigenvalue weighted by Gasteiger charge is 2.44. The minimum atomic E-state index is -4.04. The van der Waals surface area contributed by atoms with Crippen molar-refractivity contribution in [2.75, 3.05) is 0 Å². The lowest BCUT2D eigenvalue weighted by Crippen LogP contribution is -2.48. The van der Waals surface area contributed by atoms with Crippen molar-refractivity contribution in [3.8, 4) is 0 Å². The van der Waals surface area contributed by atoms with Gasteiger partial charge in [-0.15, -0.1) is 0 Å². The lowest BCUT2D eigenvalue weighted by atomic mass is 9.71. The van der Waals surface area contributed by atoms with Crippen molar-refractivity contribution >= 4 is 38.9 Å². The second-order valence-electron chi connectivity index (χ2n) is 9.00. The van der Waals surface area contributed by atoms with Gasteiger partial charge >= 0.3 is 0 Å². The number of benzene rings is 1. The molecule has 0 aliphatic heterocycles. The minimum Gasteiger partial charge on any atom is -0.390 e. The zero-order valence-corrected chi connectivity index (χ0v) is 20.2. The highest BCUT2D eigenvalue weighted by Crippen LogP contribution is 2.45. The van der Waals surface area contributed by atoms with Gasteiger partial charge in [-0.05, 0) is 44.4 Å². The topological polar surface area (TPSA) is 111 Å². The third kappa shape index (κ3) is 4.53. The van der Waals surface area contributed by atoms with Gasteiger partial charge in [-0.3, -0.25) is 4.99 Å². The van der Waals surface area contributed by atoms with Crippen molar-refractivity contribution in [1.29, 1.82) is 0 Å². The highest BCUT2D eigenvalue weighted by molar-refractivity contribution is 7.90. The number of hydrogen-bond donors (Lipinski definition) is 2. The molecule has 1 fully saturated rings. The highest BCUT2D eigenvalue weighted by atomic mass is 35.5. The Morgan fingerprint density at radius 3 is 2.79 bits per heavy atom. The van der Waals surface area contributed by atoms with E-state index in [9.17, 15) is 17.9 Å². The molecular weight excluding hydrogens is 479 g/mol. The second kappa shape index (κ2) is 8.88. The summed E-state index contributed by atoms with van der Waals surface area (Å²) in [5.41, 5.74) is 4.76. The Kier molecular flexibility index (Phi) is 6.41. The molecule has 180 valence electrons. The number of nitrogens with two attached hydrogens (primary N) is 1. The van der Waals surface area contributed by atoms with Crippen LogP contribution in [0.4, 0.5) is 4.39 Å².